The molecule has 0 radical (unpaired) electrons. The molecule has 4 nitrogen and oxygen atoms in total. The molecule has 1 aromatic heterocycles. The lowest BCUT2D eigenvalue weighted by Crippen LogP contribution is -2.33. The Bertz CT molecular complexity index is 410. The Morgan fingerprint density at radius 1 is 1.65 bits per heavy atom. The number of hydrogen-bond donors (Lipinski definition) is 2. The second-order valence-electron chi connectivity index (χ2n) is 4.98. The van der Waals surface area contributed by atoms with Gasteiger partial charge in [-0.25, -0.2) is 0 Å². The Balaban J connectivity index is 2.10. The minimum atomic E-state index is -0.354. The van der Waals surface area contributed by atoms with Crippen LogP contribution in [0.25, 0.3) is 0 Å². The van der Waals surface area contributed by atoms with Crippen molar-refractivity contribution in [1.82, 2.24) is 9.88 Å². The van der Waals surface area contributed by atoms with E-state index >= 15 is 0 Å². The number of aliphatic hydroxyl groups excluding tert-OH is 1. The van der Waals surface area contributed by atoms with E-state index in [-0.39, 0.29) is 18.1 Å². The summed E-state index contributed by atoms with van der Waals surface area (Å²) in [6, 6.07) is 2.10. The first-order valence-corrected chi connectivity index (χ1v) is 6.23. The van der Waals surface area contributed by atoms with E-state index in [1.54, 1.807) is 0 Å². The van der Waals surface area contributed by atoms with E-state index in [1.165, 1.54) is 0 Å². The summed E-state index contributed by atoms with van der Waals surface area (Å²) in [7, 11) is 0. The molecule has 0 fully saturated rings. The number of fused-ring (bicyclic) bond motifs is 1. The maximum atomic E-state index is 11.7. The molecule has 0 aromatic carbocycles. The van der Waals surface area contributed by atoms with Crippen molar-refractivity contribution in [2.24, 2.45) is 0 Å². The highest BCUT2D eigenvalue weighted by Gasteiger charge is 2.21. The predicted molar refractivity (Wildman–Crippen MR) is 65.6 cm³/mol. The van der Waals surface area contributed by atoms with Crippen LogP contribution in [0, 0.1) is 0 Å². The summed E-state index contributed by atoms with van der Waals surface area (Å²) >= 11 is 0. The molecule has 0 spiro atoms. The van der Waals surface area contributed by atoms with E-state index in [9.17, 15) is 9.90 Å². The van der Waals surface area contributed by atoms with Gasteiger partial charge in [0.2, 0.25) is 5.91 Å². The monoisotopic (exact) mass is 236 g/mol. The number of carbonyl (C=O) groups excluding carboxylic acids is 1. The van der Waals surface area contributed by atoms with Crippen molar-refractivity contribution < 1.29 is 9.90 Å². The van der Waals surface area contributed by atoms with Gasteiger partial charge in [-0.15, -0.1) is 0 Å². The molecule has 1 aliphatic carbocycles. The van der Waals surface area contributed by atoms with Gasteiger partial charge in [0.15, 0.2) is 0 Å². The van der Waals surface area contributed by atoms with Crippen molar-refractivity contribution in [3.63, 3.8) is 0 Å². The first kappa shape index (κ1) is 12.2. The standard InChI is InChI=1S/C13H20N2O2/c1-9(2)14-13(17)8-15-7-6-10-11(15)4-3-5-12(10)16/h6-7,9,12,16H,3-5,8H2,1-2H3,(H,14,17). The molecular weight excluding hydrogens is 216 g/mol. The van der Waals surface area contributed by atoms with Crippen LogP contribution in [-0.2, 0) is 17.8 Å². The summed E-state index contributed by atoms with van der Waals surface area (Å²) in [4.78, 5) is 11.7. The number of nitrogens with one attached hydrogen (secondary N) is 1. The van der Waals surface area contributed by atoms with Crippen LogP contribution in [0.15, 0.2) is 12.3 Å². The number of hydrogen-bond acceptors (Lipinski definition) is 2. The Hall–Kier alpha value is -1.29. The third-order valence-corrected chi connectivity index (χ3v) is 3.13. The Kier molecular flexibility index (Phi) is 3.52. The fraction of sp³-hybridized carbons (Fsp3) is 0.615. The lowest BCUT2D eigenvalue weighted by atomic mass is 9.95. The van der Waals surface area contributed by atoms with Gasteiger partial charge in [-0.05, 0) is 39.2 Å². The molecule has 17 heavy (non-hydrogen) atoms. The van der Waals surface area contributed by atoms with Crippen molar-refractivity contribution in [3.05, 3.63) is 23.5 Å². The van der Waals surface area contributed by atoms with Crippen LogP contribution >= 0.6 is 0 Å². The zero-order valence-corrected chi connectivity index (χ0v) is 10.4. The molecule has 0 aliphatic heterocycles. The number of aliphatic hydroxyl groups is 1. The SMILES string of the molecule is CC(C)NC(=O)Cn1ccc2c1CCCC2O. The molecule has 2 N–H and O–H groups in total. The van der Waals surface area contributed by atoms with Crippen molar-refractivity contribution in [2.75, 3.05) is 0 Å². The lowest BCUT2D eigenvalue weighted by molar-refractivity contribution is -0.122. The molecule has 1 unspecified atom stereocenters. The van der Waals surface area contributed by atoms with Crippen molar-refractivity contribution >= 4 is 5.91 Å². The molecule has 0 bridgehead atoms. The third-order valence-electron chi connectivity index (χ3n) is 3.13. The zero-order valence-electron chi connectivity index (χ0n) is 10.4. The summed E-state index contributed by atoms with van der Waals surface area (Å²) in [5, 5.41) is 12.7. The van der Waals surface area contributed by atoms with E-state index in [1.807, 2.05) is 30.7 Å². The second kappa shape index (κ2) is 4.92. The van der Waals surface area contributed by atoms with Gasteiger partial charge < -0.3 is 15.0 Å². The van der Waals surface area contributed by atoms with Gasteiger partial charge in [0, 0.05) is 23.5 Å². The number of nitrogens with zero attached hydrogens (tertiary/aromatic N) is 1. The van der Waals surface area contributed by atoms with Gasteiger partial charge in [-0.2, -0.15) is 0 Å². The number of rotatable bonds is 3. The Labute approximate surface area is 102 Å². The summed E-state index contributed by atoms with van der Waals surface area (Å²) < 4.78 is 1.95. The third kappa shape index (κ3) is 2.69. The fourth-order valence-electron chi connectivity index (χ4n) is 2.40. The van der Waals surface area contributed by atoms with E-state index in [0.29, 0.717) is 6.54 Å². The average molecular weight is 236 g/mol. The molecule has 1 heterocycles. The molecule has 1 atom stereocenters. The van der Waals surface area contributed by atoms with E-state index in [2.05, 4.69) is 5.32 Å². The molecule has 1 amide bonds. The normalized spacial score (nSPS) is 19.2. The topological polar surface area (TPSA) is 54.3 Å². The summed E-state index contributed by atoms with van der Waals surface area (Å²) in [5.74, 6) is 0.0264. The summed E-state index contributed by atoms with van der Waals surface area (Å²) in [5.41, 5.74) is 2.11. The molecule has 2 rings (SSSR count). The minimum absolute atomic E-state index is 0.0264. The Morgan fingerprint density at radius 2 is 2.41 bits per heavy atom. The lowest BCUT2D eigenvalue weighted by Gasteiger charge is -2.20. The van der Waals surface area contributed by atoms with Gasteiger partial charge in [-0.3, -0.25) is 4.79 Å². The van der Waals surface area contributed by atoms with Crippen molar-refractivity contribution in [1.29, 1.82) is 0 Å². The van der Waals surface area contributed by atoms with Crippen LogP contribution in [0.2, 0.25) is 0 Å². The Morgan fingerprint density at radius 3 is 3.12 bits per heavy atom. The smallest absolute Gasteiger partial charge is 0.240 e. The average Bonchev–Trinajstić information content (AvgIpc) is 2.62. The molecule has 94 valence electrons. The van der Waals surface area contributed by atoms with Gasteiger partial charge >= 0.3 is 0 Å². The van der Waals surface area contributed by atoms with Crippen molar-refractivity contribution in [3.8, 4) is 0 Å². The molecule has 1 aromatic rings. The van der Waals surface area contributed by atoms with Crippen LogP contribution in [-0.4, -0.2) is 21.6 Å². The second-order valence-corrected chi connectivity index (χ2v) is 4.98. The maximum Gasteiger partial charge on any atom is 0.240 e. The first-order chi connectivity index (χ1) is 8.08. The highest BCUT2D eigenvalue weighted by atomic mass is 16.3. The van der Waals surface area contributed by atoms with Crippen LogP contribution < -0.4 is 5.32 Å². The molecule has 0 saturated carbocycles. The van der Waals surface area contributed by atoms with Crippen LogP contribution in [0.3, 0.4) is 0 Å². The van der Waals surface area contributed by atoms with E-state index < -0.39 is 0 Å². The fourth-order valence-corrected chi connectivity index (χ4v) is 2.40. The van der Waals surface area contributed by atoms with Gasteiger partial charge in [0.1, 0.15) is 6.54 Å². The van der Waals surface area contributed by atoms with Crippen LogP contribution in [0.4, 0.5) is 0 Å². The minimum Gasteiger partial charge on any atom is -0.388 e. The quantitative estimate of drug-likeness (QED) is 0.833. The van der Waals surface area contributed by atoms with E-state index in [4.69, 9.17) is 0 Å². The number of amides is 1. The zero-order chi connectivity index (χ0) is 12.4. The molecule has 1 aliphatic rings. The molecule has 4 heteroatoms. The van der Waals surface area contributed by atoms with E-state index in [0.717, 1.165) is 30.5 Å². The van der Waals surface area contributed by atoms with Crippen LogP contribution in [0.5, 0.6) is 0 Å². The van der Waals surface area contributed by atoms with Crippen LogP contribution in [0.1, 0.15) is 44.1 Å². The summed E-state index contributed by atoms with van der Waals surface area (Å²) in [6.07, 6.45) is 4.32. The van der Waals surface area contributed by atoms with Gasteiger partial charge in [0.05, 0.1) is 6.10 Å². The predicted octanol–water partition coefficient (Wildman–Crippen LogP) is 1.38. The number of carbonyl (C=O) groups is 1. The van der Waals surface area contributed by atoms with Gasteiger partial charge in [-0.1, -0.05) is 0 Å². The number of aromatic nitrogens is 1. The molecule has 0 saturated heterocycles. The van der Waals surface area contributed by atoms with Crippen molar-refractivity contribution in [2.45, 2.75) is 51.8 Å². The summed E-state index contributed by atoms with van der Waals surface area (Å²) in [6.45, 7) is 4.25. The van der Waals surface area contributed by atoms with Gasteiger partial charge in [0.25, 0.3) is 0 Å². The first-order valence-electron chi connectivity index (χ1n) is 6.23. The maximum absolute atomic E-state index is 11.7. The highest BCUT2D eigenvalue weighted by Crippen LogP contribution is 2.30. The largest absolute Gasteiger partial charge is 0.388 e. The molecular formula is C13H20N2O2. The highest BCUT2D eigenvalue weighted by molar-refractivity contribution is 5.76.